The van der Waals surface area contributed by atoms with Gasteiger partial charge in [0.05, 0.1) is 19.0 Å². The van der Waals surface area contributed by atoms with Crippen LogP contribution in [0, 0.1) is 6.92 Å². The minimum Gasteiger partial charge on any atom is -0.307 e. The molecule has 6 heteroatoms. The summed E-state index contributed by atoms with van der Waals surface area (Å²) in [6.45, 7) is 14.9. The van der Waals surface area contributed by atoms with Crippen molar-refractivity contribution >= 4 is 22.6 Å². The van der Waals surface area contributed by atoms with E-state index in [-0.39, 0.29) is 6.03 Å². The first-order valence-corrected chi connectivity index (χ1v) is 9.24. The summed E-state index contributed by atoms with van der Waals surface area (Å²) in [4.78, 5) is 19.0. The summed E-state index contributed by atoms with van der Waals surface area (Å²) in [5.41, 5.74) is 3.20. The quantitative estimate of drug-likeness (QED) is 0.699. The lowest BCUT2D eigenvalue weighted by Gasteiger charge is -2.41. The zero-order chi connectivity index (χ0) is 17.7. The van der Waals surface area contributed by atoms with Crippen LogP contribution in [-0.4, -0.2) is 46.6 Å². The maximum absolute atomic E-state index is 12.9. The molecule has 0 atom stereocenters. The lowest BCUT2D eigenvalue weighted by molar-refractivity contribution is 0.122. The van der Waals surface area contributed by atoms with E-state index in [0.29, 0.717) is 19.9 Å². The van der Waals surface area contributed by atoms with E-state index in [1.165, 1.54) is 11.5 Å². The van der Waals surface area contributed by atoms with Gasteiger partial charge in [0.25, 0.3) is 0 Å². The van der Waals surface area contributed by atoms with Gasteiger partial charge in [0.1, 0.15) is 5.00 Å². The molecule has 5 nitrogen and oxygen atoms in total. The summed E-state index contributed by atoms with van der Waals surface area (Å²) < 4.78 is 4.51. The Morgan fingerprint density at radius 2 is 2.17 bits per heavy atom. The number of amides is 2. The van der Waals surface area contributed by atoms with Crippen LogP contribution in [0.3, 0.4) is 0 Å². The Bertz CT molecular complexity index is 623. The predicted molar refractivity (Wildman–Crippen MR) is 101 cm³/mol. The molecule has 2 heterocycles. The van der Waals surface area contributed by atoms with Gasteiger partial charge in [-0.25, -0.2) is 4.79 Å². The molecule has 24 heavy (non-hydrogen) atoms. The maximum atomic E-state index is 12.9. The van der Waals surface area contributed by atoms with Crippen molar-refractivity contribution in [1.82, 2.24) is 14.2 Å². The molecular weight excluding hydrogens is 320 g/mol. The number of urea groups is 1. The van der Waals surface area contributed by atoms with E-state index < -0.39 is 0 Å². The number of aromatic nitrogens is 1. The maximum Gasteiger partial charge on any atom is 0.327 e. The standard InChI is InChI=1S/C18H28N4OS/c1-6-8-9-10-20-12-21(11-14(3)4)18(23)22(13-20)17-15(5)16(7-2)19-24-17/h6,8H,3,7,9-13H2,1-2,4-5H3/b8-6+. The van der Waals surface area contributed by atoms with Gasteiger partial charge < -0.3 is 4.90 Å². The van der Waals surface area contributed by atoms with E-state index in [4.69, 9.17) is 0 Å². The van der Waals surface area contributed by atoms with Crippen LogP contribution in [0.1, 0.15) is 38.4 Å². The van der Waals surface area contributed by atoms with E-state index >= 15 is 0 Å². The highest BCUT2D eigenvalue weighted by atomic mass is 32.1. The van der Waals surface area contributed by atoms with Gasteiger partial charge in [-0.15, -0.1) is 0 Å². The molecule has 0 unspecified atom stereocenters. The zero-order valence-corrected chi connectivity index (χ0v) is 16.0. The van der Waals surface area contributed by atoms with Crippen molar-refractivity contribution in [1.29, 1.82) is 0 Å². The molecule has 0 saturated carbocycles. The molecule has 1 fully saturated rings. The van der Waals surface area contributed by atoms with E-state index in [2.05, 4.69) is 41.9 Å². The van der Waals surface area contributed by atoms with Gasteiger partial charge in [0.15, 0.2) is 0 Å². The van der Waals surface area contributed by atoms with Crippen LogP contribution < -0.4 is 4.90 Å². The topological polar surface area (TPSA) is 39.7 Å². The Morgan fingerprint density at radius 1 is 1.42 bits per heavy atom. The van der Waals surface area contributed by atoms with Crippen LogP contribution in [0.2, 0.25) is 0 Å². The highest BCUT2D eigenvalue weighted by Crippen LogP contribution is 2.31. The Labute approximate surface area is 149 Å². The number of rotatable bonds is 7. The number of hydrogen-bond acceptors (Lipinski definition) is 4. The van der Waals surface area contributed by atoms with Crippen molar-refractivity contribution in [2.75, 3.05) is 31.3 Å². The molecule has 1 saturated heterocycles. The van der Waals surface area contributed by atoms with Crippen LogP contribution in [0.5, 0.6) is 0 Å². The van der Waals surface area contributed by atoms with Crippen LogP contribution in [0.4, 0.5) is 9.80 Å². The Hall–Kier alpha value is -1.66. The molecule has 2 amide bonds. The molecule has 1 aromatic heterocycles. The number of allylic oxidation sites excluding steroid dienone is 1. The molecule has 132 valence electrons. The molecule has 0 N–H and O–H groups in total. The molecule has 2 rings (SSSR count). The monoisotopic (exact) mass is 348 g/mol. The number of carbonyl (C=O) groups excluding carboxylic acids is 1. The summed E-state index contributed by atoms with van der Waals surface area (Å²) in [5.74, 6) is 0. The second-order valence-electron chi connectivity index (χ2n) is 6.31. The van der Waals surface area contributed by atoms with Gasteiger partial charge in [-0.05, 0) is 45.1 Å². The average molecular weight is 349 g/mol. The van der Waals surface area contributed by atoms with E-state index in [1.807, 2.05) is 23.6 Å². The van der Waals surface area contributed by atoms with Gasteiger partial charge in [-0.1, -0.05) is 31.2 Å². The molecule has 1 aromatic rings. The first kappa shape index (κ1) is 18.7. The van der Waals surface area contributed by atoms with Gasteiger partial charge in [-0.2, -0.15) is 4.37 Å². The first-order chi connectivity index (χ1) is 11.5. The Morgan fingerprint density at radius 3 is 2.75 bits per heavy atom. The molecule has 0 bridgehead atoms. The third-order valence-electron chi connectivity index (χ3n) is 4.10. The van der Waals surface area contributed by atoms with Crippen LogP contribution in [0.25, 0.3) is 0 Å². The fourth-order valence-corrected chi connectivity index (χ4v) is 3.83. The summed E-state index contributed by atoms with van der Waals surface area (Å²) >= 11 is 1.43. The molecule has 0 aliphatic carbocycles. The van der Waals surface area contributed by atoms with Crippen LogP contribution in [-0.2, 0) is 6.42 Å². The van der Waals surface area contributed by atoms with Crippen molar-refractivity contribution in [3.05, 3.63) is 35.6 Å². The summed E-state index contributed by atoms with van der Waals surface area (Å²) in [6, 6.07) is 0.0506. The second-order valence-corrected chi connectivity index (χ2v) is 7.07. The molecule has 0 aromatic carbocycles. The lowest BCUT2D eigenvalue weighted by Crippen LogP contribution is -2.58. The van der Waals surface area contributed by atoms with Crippen LogP contribution in [0.15, 0.2) is 24.3 Å². The number of nitrogens with zero attached hydrogens (tertiary/aromatic N) is 4. The second kappa shape index (κ2) is 8.44. The third-order valence-corrected chi connectivity index (χ3v) is 5.11. The number of aryl methyl sites for hydroxylation is 1. The fourth-order valence-electron chi connectivity index (χ4n) is 2.88. The van der Waals surface area contributed by atoms with Crippen molar-refractivity contribution in [3.8, 4) is 0 Å². The Balaban J connectivity index is 2.23. The van der Waals surface area contributed by atoms with Crippen molar-refractivity contribution in [2.24, 2.45) is 0 Å². The van der Waals surface area contributed by atoms with Gasteiger partial charge in [-0.3, -0.25) is 9.80 Å². The smallest absolute Gasteiger partial charge is 0.307 e. The van der Waals surface area contributed by atoms with Crippen molar-refractivity contribution in [3.63, 3.8) is 0 Å². The van der Waals surface area contributed by atoms with Crippen LogP contribution >= 0.6 is 11.5 Å². The van der Waals surface area contributed by atoms with Gasteiger partial charge in [0.2, 0.25) is 0 Å². The van der Waals surface area contributed by atoms with Crippen molar-refractivity contribution in [2.45, 2.75) is 40.5 Å². The minimum absolute atomic E-state index is 0.0506. The number of anilines is 1. The molecule has 0 spiro atoms. The highest BCUT2D eigenvalue weighted by Gasteiger charge is 2.33. The van der Waals surface area contributed by atoms with Gasteiger partial charge in [0, 0.05) is 18.7 Å². The molecule has 1 aliphatic heterocycles. The number of hydrogen-bond donors (Lipinski definition) is 0. The Kier molecular flexibility index (Phi) is 6.57. The molecule has 0 radical (unpaired) electrons. The SMILES string of the molecule is C=C(C)CN1CN(CC/C=C/C)CN(c2snc(CC)c2C)C1=O. The summed E-state index contributed by atoms with van der Waals surface area (Å²) in [7, 11) is 0. The first-order valence-electron chi connectivity index (χ1n) is 8.47. The minimum atomic E-state index is 0.0506. The third kappa shape index (κ3) is 4.24. The van der Waals surface area contributed by atoms with Crippen molar-refractivity contribution < 1.29 is 4.79 Å². The van der Waals surface area contributed by atoms with E-state index in [0.717, 1.165) is 41.2 Å². The highest BCUT2D eigenvalue weighted by molar-refractivity contribution is 7.10. The van der Waals surface area contributed by atoms with E-state index in [9.17, 15) is 4.79 Å². The predicted octanol–water partition coefficient (Wildman–Crippen LogP) is 4.02. The summed E-state index contributed by atoms with van der Waals surface area (Å²) in [6.07, 6.45) is 6.11. The fraction of sp³-hybridized carbons (Fsp3) is 0.556. The largest absolute Gasteiger partial charge is 0.327 e. The zero-order valence-electron chi connectivity index (χ0n) is 15.2. The average Bonchev–Trinajstić information content (AvgIpc) is 2.90. The van der Waals surface area contributed by atoms with E-state index in [1.54, 1.807) is 0 Å². The molecular formula is C18H28N4OS. The lowest BCUT2D eigenvalue weighted by atomic mass is 10.2. The van der Waals surface area contributed by atoms with Gasteiger partial charge >= 0.3 is 6.03 Å². The molecule has 1 aliphatic rings. The normalized spacial score (nSPS) is 16.4. The summed E-state index contributed by atoms with van der Waals surface area (Å²) in [5, 5.41) is 0.972. The number of carbonyl (C=O) groups is 1.